The highest BCUT2D eigenvalue weighted by Crippen LogP contribution is 2.24. The van der Waals surface area contributed by atoms with Gasteiger partial charge in [0.05, 0.1) is 6.04 Å². The van der Waals surface area contributed by atoms with E-state index < -0.39 is 0 Å². The van der Waals surface area contributed by atoms with Gasteiger partial charge in [-0.1, -0.05) is 6.92 Å². The number of rotatable bonds is 2. The van der Waals surface area contributed by atoms with Gasteiger partial charge in [0.25, 0.3) is 0 Å². The number of likely N-dealkylation sites (tertiary alicyclic amines) is 1. The van der Waals surface area contributed by atoms with Gasteiger partial charge >= 0.3 is 0 Å². The van der Waals surface area contributed by atoms with E-state index in [0.29, 0.717) is 6.04 Å². The molecule has 1 heterocycles. The SMILES string of the molecule is CC[C@H]1CC[C@H](C(=O)NC(C)(C)C)N1C. The third kappa shape index (κ3) is 3.20. The smallest absolute Gasteiger partial charge is 0.237 e. The Bertz CT molecular complexity index is 232. The first-order valence-electron chi connectivity index (χ1n) is 5.89. The number of amides is 1. The second-order valence-electron chi connectivity index (χ2n) is 5.56. The lowest BCUT2D eigenvalue weighted by molar-refractivity contribution is -0.126. The Morgan fingerprint density at radius 3 is 2.40 bits per heavy atom. The predicted octanol–water partition coefficient (Wildman–Crippen LogP) is 1.77. The Balaban J connectivity index is 2.55. The van der Waals surface area contributed by atoms with Crippen molar-refractivity contribution in [2.75, 3.05) is 7.05 Å². The summed E-state index contributed by atoms with van der Waals surface area (Å²) < 4.78 is 0. The van der Waals surface area contributed by atoms with Crippen molar-refractivity contribution >= 4 is 5.91 Å². The number of nitrogens with one attached hydrogen (secondary N) is 1. The third-order valence-corrected chi connectivity index (χ3v) is 3.11. The highest BCUT2D eigenvalue weighted by molar-refractivity contribution is 5.82. The summed E-state index contributed by atoms with van der Waals surface area (Å²) in [6.45, 7) is 8.26. The van der Waals surface area contributed by atoms with E-state index in [9.17, 15) is 4.79 Å². The molecule has 1 N–H and O–H groups in total. The van der Waals surface area contributed by atoms with Crippen LogP contribution in [0.5, 0.6) is 0 Å². The molecule has 1 fully saturated rings. The molecule has 0 aromatic rings. The van der Waals surface area contributed by atoms with E-state index in [0.717, 1.165) is 19.3 Å². The molecule has 1 rings (SSSR count). The molecule has 88 valence electrons. The molecule has 3 heteroatoms. The molecule has 1 amide bonds. The number of carbonyl (C=O) groups excluding carboxylic acids is 1. The van der Waals surface area contributed by atoms with Gasteiger partial charge in [0, 0.05) is 11.6 Å². The average molecular weight is 212 g/mol. The molecule has 1 aliphatic heterocycles. The van der Waals surface area contributed by atoms with Crippen LogP contribution in [0.4, 0.5) is 0 Å². The lowest BCUT2D eigenvalue weighted by Crippen LogP contribution is -2.50. The molecule has 0 bridgehead atoms. The van der Waals surface area contributed by atoms with Gasteiger partial charge in [0.1, 0.15) is 0 Å². The van der Waals surface area contributed by atoms with Crippen molar-refractivity contribution in [3.8, 4) is 0 Å². The van der Waals surface area contributed by atoms with E-state index in [4.69, 9.17) is 0 Å². The fourth-order valence-corrected chi connectivity index (χ4v) is 2.27. The maximum absolute atomic E-state index is 12.0. The van der Waals surface area contributed by atoms with Gasteiger partial charge in [-0.2, -0.15) is 0 Å². The normalized spacial score (nSPS) is 28.1. The van der Waals surface area contributed by atoms with E-state index in [2.05, 4.69) is 24.2 Å². The van der Waals surface area contributed by atoms with E-state index in [1.54, 1.807) is 0 Å². The third-order valence-electron chi connectivity index (χ3n) is 3.11. The number of hydrogen-bond acceptors (Lipinski definition) is 2. The van der Waals surface area contributed by atoms with Crippen LogP contribution >= 0.6 is 0 Å². The summed E-state index contributed by atoms with van der Waals surface area (Å²) in [4.78, 5) is 14.2. The molecule has 0 aromatic heterocycles. The lowest BCUT2D eigenvalue weighted by atomic mass is 10.1. The summed E-state index contributed by atoms with van der Waals surface area (Å²) >= 11 is 0. The Hall–Kier alpha value is -0.570. The van der Waals surface area contributed by atoms with E-state index in [-0.39, 0.29) is 17.5 Å². The Morgan fingerprint density at radius 2 is 2.00 bits per heavy atom. The summed E-state index contributed by atoms with van der Waals surface area (Å²) in [7, 11) is 2.06. The van der Waals surface area contributed by atoms with Crippen molar-refractivity contribution in [3.63, 3.8) is 0 Å². The van der Waals surface area contributed by atoms with Gasteiger partial charge in [-0.25, -0.2) is 0 Å². The monoisotopic (exact) mass is 212 g/mol. The van der Waals surface area contributed by atoms with Crippen molar-refractivity contribution in [2.45, 2.75) is 64.6 Å². The molecule has 0 aliphatic carbocycles. The van der Waals surface area contributed by atoms with Gasteiger partial charge < -0.3 is 5.32 Å². The minimum Gasteiger partial charge on any atom is -0.350 e. The van der Waals surface area contributed by atoms with Crippen LogP contribution in [0.15, 0.2) is 0 Å². The van der Waals surface area contributed by atoms with Crippen molar-refractivity contribution in [2.24, 2.45) is 0 Å². The van der Waals surface area contributed by atoms with Gasteiger partial charge in [0.2, 0.25) is 5.91 Å². The summed E-state index contributed by atoms with van der Waals surface area (Å²) in [6.07, 6.45) is 3.28. The summed E-state index contributed by atoms with van der Waals surface area (Å²) in [5, 5.41) is 3.06. The number of likely N-dealkylation sites (N-methyl/N-ethyl adjacent to an activating group) is 1. The second kappa shape index (κ2) is 4.52. The zero-order valence-electron chi connectivity index (χ0n) is 10.6. The van der Waals surface area contributed by atoms with Crippen LogP contribution in [0.3, 0.4) is 0 Å². The van der Waals surface area contributed by atoms with E-state index in [1.807, 2.05) is 20.8 Å². The first kappa shape index (κ1) is 12.5. The van der Waals surface area contributed by atoms with Crippen molar-refractivity contribution in [3.05, 3.63) is 0 Å². The predicted molar refractivity (Wildman–Crippen MR) is 62.8 cm³/mol. The zero-order chi connectivity index (χ0) is 11.6. The molecule has 3 nitrogen and oxygen atoms in total. The topological polar surface area (TPSA) is 32.3 Å². The highest BCUT2D eigenvalue weighted by Gasteiger charge is 2.35. The first-order valence-corrected chi connectivity index (χ1v) is 5.89. The zero-order valence-corrected chi connectivity index (χ0v) is 10.6. The first-order chi connectivity index (χ1) is 6.85. The molecule has 0 unspecified atom stereocenters. The summed E-state index contributed by atoms with van der Waals surface area (Å²) in [6, 6.07) is 0.662. The molecular weight excluding hydrogens is 188 g/mol. The maximum atomic E-state index is 12.0. The van der Waals surface area contributed by atoms with Crippen LogP contribution in [-0.4, -0.2) is 35.5 Å². The lowest BCUT2D eigenvalue weighted by Gasteiger charge is -2.28. The fourth-order valence-electron chi connectivity index (χ4n) is 2.27. The largest absolute Gasteiger partial charge is 0.350 e. The number of carbonyl (C=O) groups is 1. The van der Waals surface area contributed by atoms with Crippen LogP contribution in [0.1, 0.15) is 47.0 Å². The fraction of sp³-hybridized carbons (Fsp3) is 0.917. The van der Waals surface area contributed by atoms with Crippen LogP contribution in [0, 0.1) is 0 Å². The average Bonchev–Trinajstić information content (AvgIpc) is 2.43. The minimum atomic E-state index is -0.123. The van der Waals surface area contributed by atoms with Crippen LogP contribution < -0.4 is 5.32 Å². The number of nitrogens with zero attached hydrogens (tertiary/aromatic N) is 1. The number of hydrogen-bond donors (Lipinski definition) is 1. The molecule has 1 saturated heterocycles. The molecule has 0 spiro atoms. The molecule has 0 aromatic carbocycles. The summed E-state index contributed by atoms with van der Waals surface area (Å²) in [5.41, 5.74) is -0.123. The van der Waals surface area contributed by atoms with Crippen molar-refractivity contribution in [1.29, 1.82) is 0 Å². The summed E-state index contributed by atoms with van der Waals surface area (Å²) in [5.74, 6) is 0.181. The Kier molecular flexibility index (Phi) is 3.77. The van der Waals surface area contributed by atoms with Gasteiger partial charge in [-0.05, 0) is 47.1 Å². The molecule has 1 aliphatic rings. The van der Waals surface area contributed by atoms with Crippen molar-refractivity contribution < 1.29 is 4.79 Å². The molecular formula is C12H24N2O. The van der Waals surface area contributed by atoms with Gasteiger partial charge in [-0.3, -0.25) is 9.69 Å². The molecule has 2 atom stereocenters. The van der Waals surface area contributed by atoms with E-state index in [1.165, 1.54) is 0 Å². The Morgan fingerprint density at radius 1 is 1.40 bits per heavy atom. The molecule has 0 saturated carbocycles. The van der Waals surface area contributed by atoms with Crippen LogP contribution in [0.25, 0.3) is 0 Å². The standard InChI is InChI=1S/C12H24N2O/c1-6-9-7-8-10(14(9)5)11(15)13-12(2,3)4/h9-10H,6-8H2,1-5H3,(H,13,15)/t9-,10+/m0/s1. The maximum Gasteiger partial charge on any atom is 0.237 e. The van der Waals surface area contributed by atoms with Crippen molar-refractivity contribution in [1.82, 2.24) is 10.2 Å². The van der Waals surface area contributed by atoms with Gasteiger partial charge in [0.15, 0.2) is 0 Å². The van der Waals surface area contributed by atoms with E-state index >= 15 is 0 Å². The highest BCUT2D eigenvalue weighted by atomic mass is 16.2. The Labute approximate surface area is 93.2 Å². The van der Waals surface area contributed by atoms with Gasteiger partial charge in [-0.15, -0.1) is 0 Å². The van der Waals surface area contributed by atoms with Crippen LogP contribution in [0.2, 0.25) is 0 Å². The molecule has 15 heavy (non-hydrogen) atoms. The van der Waals surface area contributed by atoms with Crippen LogP contribution in [-0.2, 0) is 4.79 Å². The minimum absolute atomic E-state index is 0.0779. The quantitative estimate of drug-likeness (QED) is 0.756. The second-order valence-corrected chi connectivity index (χ2v) is 5.56. The molecule has 0 radical (unpaired) electrons.